The van der Waals surface area contributed by atoms with Crippen LogP contribution in [0.1, 0.15) is 61.0 Å². The van der Waals surface area contributed by atoms with Crippen molar-refractivity contribution < 1.29 is 31.5 Å². The molecule has 1 saturated carbocycles. The van der Waals surface area contributed by atoms with Gasteiger partial charge in [0.1, 0.15) is 6.54 Å². The molecule has 0 spiro atoms. The first-order chi connectivity index (χ1) is 14.4. The van der Waals surface area contributed by atoms with Crippen LogP contribution in [-0.2, 0) is 39.4 Å². The standard InChI is InChI=1S/C20H22F3N3O4S/c1-19(5-6-19)12-7-13(20(21,22)23)9-14(8-12)31(29,30)25-16-3-2-4-17-15(16)10-24-26(17)11-18(27)28/h7-10,16,25H,2-6,11H2,1H3,(H,27,28)/t16-/m1/s1. The predicted molar refractivity (Wildman–Crippen MR) is 104 cm³/mol. The summed E-state index contributed by atoms with van der Waals surface area (Å²) in [4.78, 5) is 10.6. The number of halogens is 3. The predicted octanol–water partition coefficient (Wildman–Crippen LogP) is 3.39. The lowest BCUT2D eigenvalue weighted by Gasteiger charge is -2.24. The Balaban J connectivity index is 1.68. The van der Waals surface area contributed by atoms with Crippen molar-refractivity contribution in [1.29, 1.82) is 0 Å². The number of carboxylic acid groups (broad SMARTS) is 1. The first-order valence-corrected chi connectivity index (χ1v) is 11.4. The molecule has 0 aliphatic heterocycles. The molecule has 7 nitrogen and oxygen atoms in total. The summed E-state index contributed by atoms with van der Waals surface area (Å²) >= 11 is 0. The van der Waals surface area contributed by atoms with E-state index in [1.54, 1.807) is 0 Å². The number of hydrogen-bond acceptors (Lipinski definition) is 4. The highest BCUT2D eigenvalue weighted by atomic mass is 32.2. The normalized spacial score (nSPS) is 20.3. The van der Waals surface area contributed by atoms with Crippen molar-refractivity contribution in [3.63, 3.8) is 0 Å². The number of carbonyl (C=O) groups is 1. The molecule has 1 aromatic heterocycles. The molecule has 0 radical (unpaired) electrons. The molecule has 0 saturated heterocycles. The fourth-order valence-electron chi connectivity index (χ4n) is 4.00. The van der Waals surface area contributed by atoms with Gasteiger partial charge in [-0.1, -0.05) is 6.92 Å². The lowest BCUT2D eigenvalue weighted by Crippen LogP contribution is -2.31. The number of alkyl halides is 3. The molecule has 31 heavy (non-hydrogen) atoms. The van der Waals surface area contributed by atoms with Gasteiger partial charge < -0.3 is 5.11 Å². The van der Waals surface area contributed by atoms with Crippen LogP contribution in [0.4, 0.5) is 13.2 Å². The number of nitrogens with zero attached hydrogens (tertiary/aromatic N) is 2. The third-order valence-electron chi connectivity index (χ3n) is 6.09. The van der Waals surface area contributed by atoms with Crippen LogP contribution < -0.4 is 4.72 Å². The number of carboxylic acids is 1. The number of nitrogens with one attached hydrogen (secondary N) is 1. The largest absolute Gasteiger partial charge is 0.480 e. The van der Waals surface area contributed by atoms with E-state index in [0.29, 0.717) is 55.0 Å². The van der Waals surface area contributed by atoms with Gasteiger partial charge in [0.15, 0.2) is 0 Å². The molecule has 2 aromatic rings. The summed E-state index contributed by atoms with van der Waals surface area (Å²) < 4.78 is 70.3. The summed E-state index contributed by atoms with van der Waals surface area (Å²) in [6.07, 6.45) is -0.250. The molecular formula is C20H22F3N3O4S. The number of benzene rings is 1. The van der Waals surface area contributed by atoms with Gasteiger partial charge in [0.05, 0.1) is 22.7 Å². The maximum absolute atomic E-state index is 13.4. The Morgan fingerprint density at radius 3 is 2.65 bits per heavy atom. The van der Waals surface area contributed by atoms with Crippen LogP contribution in [0.3, 0.4) is 0 Å². The van der Waals surface area contributed by atoms with Crippen molar-refractivity contribution in [2.75, 3.05) is 0 Å². The van der Waals surface area contributed by atoms with E-state index in [1.165, 1.54) is 16.9 Å². The van der Waals surface area contributed by atoms with Gasteiger partial charge in [0.25, 0.3) is 0 Å². The van der Waals surface area contributed by atoms with Gasteiger partial charge in [-0.3, -0.25) is 9.48 Å². The average Bonchev–Trinajstić information content (AvgIpc) is 3.30. The molecule has 0 unspecified atom stereocenters. The van der Waals surface area contributed by atoms with Gasteiger partial charge in [-0.25, -0.2) is 13.1 Å². The van der Waals surface area contributed by atoms with Crippen molar-refractivity contribution in [3.05, 3.63) is 46.8 Å². The Hall–Kier alpha value is -2.40. The van der Waals surface area contributed by atoms with E-state index < -0.39 is 44.1 Å². The van der Waals surface area contributed by atoms with Crippen molar-refractivity contribution in [2.24, 2.45) is 0 Å². The highest BCUT2D eigenvalue weighted by Gasteiger charge is 2.42. The van der Waals surface area contributed by atoms with Gasteiger partial charge in [0, 0.05) is 11.3 Å². The highest BCUT2D eigenvalue weighted by Crippen LogP contribution is 2.49. The fraction of sp³-hybridized carbons (Fsp3) is 0.500. The van der Waals surface area contributed by atoms with Crippen LogP contribution in [-0.4, -0.2) is 29.3 Å². The van der Waals surface area contributed by atoms with E-state index in [0.717, 1.165) is 6.07 Å². The van der Waals surface area contributed by atoms with Crippen molar-refractivity contribution >= 4 is 16.0 Å². The molecule has 168 valence electrons. The first-order valence-electron chi connectivity index (χ1n) is 9.90. The quantitative estimate of drug-likeness (QED) is 0.693. The van der Waals surface area contributed by atoms with Gasteiger partial charge in [-0.05, 0) is 61.3 Å². The van der Waals surface area contributed by atoms with E-state index in [1.807, 2.05) is 6.92 Å². The van der Waals surface area contributed by atoms with Crippen LogP contribution in [0.5, 0.6) is 0 Å². The Morgan fingerprint density at radius 2 is 2.03 bits per heavy atom. The van der Waals surface area contributed by atoms with Crippen molar-refractivity contribution in [1.82, 2.24) is 14.5 Å². The molecule has 1 aromatic carbocycles. The number of aliphatic carboxylic acids is 1. The molecule has 2 N–H and O–H groups in total. The monoisotopic (exact) mass is 457 g/mol. The number of aromatic nitrogens is 2. The van der Waals surface area contributed by atoms with Gasteiger partial charge in [-0.2, -0.15) is 18.3 Å². The number of fused-ring (bicyclic) bond motifs is 1. The van der Waals surface area contributed by atoms with E-state index in [9.17, 15) is 26.4 Å². The van der Waals surface area contributed by atoms with Crippen molar-refractivity contribution in [2.45, 2.75) is 68.1 Å². The molecule has 2 aliphatic carbocycles. The average molecular weight is 457 g/mol. The molecule has 0 bridgehead atoms. The second kappa shape index (κ2) is 7.33. The zero-order chi connectivity index (χ0) is 22.6. The number of hydrogen-bond donors (Lipinski definition) is 2. The summed E-state index contributed by atoms with van der Waals surface area (Å²) in [6, 6.07) is 2.32. The second-order valence-corrected chi connectivity index (χ2v) is 10.2. The summed E-state index contributed by atoms with van der Waals surface area (Å²) in [5, 5.41) is 13.1. The zero-order valence-electron chi connectivity index (χ0n) is 16.7. The maximum Gasteiger partial charge on any atom is 0.416 e. The fourth-order valence-corrected chi connectivity index (χ4v) is 5.32. The van der Waals surface area contributed by atoms with E-state index in [4.69, 9.17) is 5.11 Å². The van der Waals surface area contributed by atoms with Crippen LogP contribution in [0.2, 0.25) is 0 Å². The minimum atomic E-state index is -4.67. The molecule has 1 fully saturated rings. The minimum absolute atomic E-state index is 0.343. The molecular weight excluding hydrogens is 435 g/mol. The Bertz CT molecular complexity index is 1110. The smallest absolute Gasteiger partial charge is 0.416 e. The molecule has 1 heterocycles. The van der Waals surface area contributed by atoms with Crippen LogP contribution >= 0.6 is 0 Å². The third kappa shape index (κ3) is 4.33. The topological polar surface area (TPSA) is 101 Å². The molecule has 0 amide bonds. The lowest BCUT2D eigenvalue weighted by molar-refractivity contribution is -0.138. The van der Waals surface area contributed by atoms with Crippen LogP contribution in [0.15, 0.2) is 29.3 Å². The Labute approximate surface area is 177 Å². The summed E-state index contributed by atoms with van der Waals surface area (Å²) in [5.41, 5.74) is 0.106. The zero-order valence-corrected chi connectivity index (χ0v) is 17.6. The number of sulfonamides is 1. The number of rotatable bonds is 6. The van der Waals surface area contributed by atoms with Gasteiger partial charge >= 0.3 is 12.1 Å². The van der Waals surface area contributed by atoms with Crippen molar-refractivity contribution in [3.8, 4) is 0 Å². The maximum atomic E-state index is 13.4. The highest BCUT2D eigenvalue weighted by molar-refractivity contribution is 7.89. The van der Waals surface area contributed by atoms with Gasteiger partial charge in [0.2, 0.25) is 10.0 Å². The van der Waals surface area contributed by atoms with Crippen LogP contribution in [0.25, 0.3) is 0 Å². The Kier molecular flexibility index (Phi) is 5.16. The summed E-state index contributed by atoms with van der Waals surface area (Å²) in [7, 11) is -4.26. The van der Waals surface area contributed by atoms with Crippen LogP contribution in [0, 0.1) is 0 Å². The Morgan fingerprint density at radius 1 is 1.32 bits per heavy atom. The second-order valence-electron chi connectivity index (χ2n) is 8.47. The first kappa shape index (κ1) is 21.8. The molecule has 11 heteroatoms. The SMILES string of the molecule is CC1(c2cc(C(F)(F)F)cc(S(=O)(=O)N[C@@H]3CCCc4c3cnn4CC(=O)O)c2)CC1. The summed E-state index contributed by atoms with van der Waals surface area (Å²) in [6.45, 7) is 1.47. The van der Waals surface area contributed by atoms with E-state index >= 15 is 0 Å². The van der Waals surface area contributed by atoms with E-state index in [2.05, 4.69) is 9.82 Å². The van der Waals surface area contributed by atoms with E-state index in [-0.39, 0.29) is 6.54 Å². The van der Waals surface area contributed by atoms with Gasteiger partial charge in [-0.15, -0.1) is 0 Å². The third-order valence-corrected chi connectivity index (χ3v) is 7.54. The summed E-state index contributed by atoms with van der Waals surface area (Å²) in [5.74, 6) is -1.07. The minimum Gasteiger partial charge on any atom is -0.480 e. The lowest BCUT2D eigenvalue weighted by atomic mass is 9.94. The molecule has 1 atom stereocenters. The molecule has 2 aliphatic rings. The molecule has 4 rings (SSSR count).